The first-order valence-electron chi connectivity index (χ1n) is 4.96. The van der Waals surface area contributed by atoms with Gasteiger partial charge in [0.2, 0.25) is 0 Å². The lowest BCUT2D eigenvalue weighted by atomic mass is 9.99. The number of hydrogen-bond acceptors (Lipinski definition) is 3. The molecule has 2 aliphatic rings. The van der Waals surface area contributed by atoms with Gasteiger partial charge < -0.3 is 10.1 Å². The fraction of sp³-hybridized carbons (Fsp3) is 0.700. The van der Waals surface area contributed by atoms with Crippen LogP contribution in [-0.2, 0) is 9.53 Å². The predicted molar refractivity (Wildman–Crippen MR) is 49.3 cm³/mol. The fourth-order valence-corrected chi connectivity index (χ4v) is 1.88. The highest BCUT2D eigenvalue weighted by Gasteiger charge is 2.25. The summed E-state index contributed by atoms with van der Waals surface area (Å²) in [7, 11) is 0. The maximum atomic E-state index is 11.8. The van der Waals surface area contributed by atoms with Gasteiger partial charge in [-0.3, -0.25) is 4.79 Å². The third kappa shape index (κ3) is 1.91. The molecular weight excluding hydrogens is 166 g/mol. The maximum Gasteiger partial charge on any atom is 0.178 e. The van der Waals surface area contributed by atoms with Gasteiger partial charge in [-0.1, -0.05) is 0 Å². The molecule has 0 aromatic heterocycles. The SMILES string of the molecule is O=C(C1=COCCC1)C1CCCN1. The molecule has 72 valence electrons. The molecule has 13 heavy (non-hydrogen) atoms. The van der Waals surface area contributed by atoms with Crippen molar-refractivity contribution in [2.75, 3.05) is 13.2 Å². The van der Waals surface area contributed by atoms with E-state index in [9.17, 15) is 4.79 Å². The van der Waals surface area contributed by atoms with Crippen molar-refractivity contribution < 1.29 is 9.53 Å². The molecule has 0 saturated carbocycles. The predicted octanol–water partition coefficient (Wildman–Crippen LogP) is 1.00. The van der Waals surface area contributed by atoms with Crippen LogP contribution in [0.15, 0.2) is 11.8 Å². The van der Waals surface area contributed by atoms with Crippen LogP contribution in [0.1, 0.15) is 25.7 Å². The zero-order valence-electron chi connectivity index (χ0n) is 7.71. The lowest BCUT2D eigenvalue weighted by Crippen LogP contribution is -2.32. The van der Waals surface area contributed by atoms with Crippen molar-refractivity contribution in [3.05, 3.63) is 11.8 Å². The van der Waals surface area contributed by atoms with E-state index in [1.807, 2.05) is 0 Å². The Labute approximate surface area is 78.1 Å². The molecule has 0 radical (unpaired) electrons. The molecule has 0 amide bonds. The summed E-state index contributed by atoms with van der Waals surface area (Å²) in [6.07, 6.45) is 5.61. The summed E-state index contributed by atoms with van der Waals surface area (Å²) < 4.78 is 5.15. The van der Waals surface area contributed by atoms with Crippen LogP contribution in [0.25, 0.3) is 0 Å². The van der Waals surface area contributed by atoms with E-state index in [-0.39, 0.29) is 11.8 Å². The molecule has 1 fully saturated rings. The lowest BCUT2D eigenvalue weighted by molar-refractivity contribution is -0.117. The molecule has 0 aromatic rings. The summed E-state index contributed by atoms with van der Waals surface area (Å²) >= 11 is 0. The molecule has 2 aliphatic heterocycles. The Kier molecular flexibility index (Phi) is 2.64. The highest BCUT2D eigenvalue weighted by Crippen LogP contribution is 2.17. The van der Waals surface area contributed by atoms with E-state index in [1.165, 1.54) is 0 Å². The lowest BCUT2D eigenvalue weighted by Gasteiger charge is -2.15. The minimum absolute atomic E-state index is 0.0629. The Morgan fingerprint density at radius 3 is 3.08 bits per heavy atom. The third-order valence-corrected chi connectivity index (χ3v) is 2.63. The van der Waals surface area contributed by atoms with Crippen molar-refractivity contribution in [1.29, 1.82) is 0 Å². The topological polar surface area (TPSA) is 38.3 Å². The first-order chi connectivity index (χ1) is 6.38. The zero-order valence-corrected chi connectivity index (χ0v) is 7.71. The average molecular weight is 181 g/mol. The van der Waals surface area contributed by atoms with Gasteiger partial charge >= 0.3 is 0 Å². The van der Waals surface area contributed by atoms with Gasteiger partial charge in [0.05, 0.1) is 18.9 Å². The van der Waals surface area contributed by atoms with Crippen LogP contribution in [0.3, 0.4) is 0 Å². The number of Topliss-reactive ketones (excluding diaryl/α,β-unsaturated/α-hetero) is 1. The number of rotatable bonds is 2. The van der Waals surface area contributed by atoms with Gasteiger partial charge in [-0.15, -0.1) is 0 Å². The van der Waals surface area contributed by atoms with Gasteiger partial charge in [0.15, 0.2) is 5.78 Å². The Morgan fingerprint density at radius 2 is 2.46 bits per heavy atom. The highest BCUT2D eigenvalue weighted by atomic mass is 16.5. The summed E-state index contributed by atoms with van der Waals surface area (Å²) in [4.78, 5) is 11.8. The molecule has 1 unspecified atom stereocenters. The van der Waals surface area contributed by atoms with Crippen molar-refractivity contribution in [2.45, 2.75) is 31.7 Å². The Balaban J connectivity index is 1.98. The third-order valence-electron chi connectivity index (χ3n) is 2.63. The Bertz CT molecular complexity index is 229. The van der Waals surface area contributed by atoms with Crippen molar-refractivity contribution in [3.63, 3.8) is 0 Å². The van der Waals surface area contributed by atoms with Crippen molar-refractivity contribution in [1.82, 2.24) is 5.32 Å². The van der Waals surface area contributed by atoms with E-state index in [4.69, 9.17) is 4.74 Å². The van der Waals surface area contributed by atoms with E-state index in [0.717, 1.165) is 44.4 Å². The van der Waals surface area contributed by atoms with Crippen LogP contribution in [0, 0.1) is 0 Å². The van der Waals surface area contributed by atoms with Crippen LogP contribution in [0.2, 0.25) is 0 Å². The number of ether oxygens (including phenoxy) is 1. The number of hydrogen-bond donors (Lipinski definition) is 1. The van der Waals surface area contributed by atoms with Gasteiger partial charge in [-0.2, -0.15) is 0 Å². The quantitative estimate of drug-likeness (QED) is 0.690. The second-order valence-electron chi connectivity index (χ2n) is 3.63. The van der Waals surface area contributed by atoms with Crippen molar-refractivity contribution in [3.8, 4) is 0 Å². The second-order valence-corrected chi connectivity index (χ2v) is 3.63. The van der Waals surface area contributed by atoms with Crippen LogP contribution in [0.4, 0.5) is 0 Å². The maximum absolute atomic E-state index is 11.8. The molecule has 2 heterocycles. The molecule has 3 heteroatoms. The molecular formula is C10H15NO2. The van der Waals surface area contributed by atoms with E-state index in [0.29, 0.717) is 0 Å². The normalized spacial score (nSPS) is 28.0. The van der Waals surface area contributed by atoms with Crippen LogP contribution in [-0.4, -0.2) is 25.0 Å². The first-order valence-corrected chi connectivity index (χ1v) is 4.96. The average Bonchev–Trinajstić information content (AvgIpc) is 2.71. The molecule has 2 rings (SSSR count). The largest absolute Gasteiger partial charge is 0.501 e. The van der Waals surface area contributed by atoms with Gasteiger partial charge in [-0.05, 0) is 32.2 Å². The van der Waals surface area contributed by atoms with Gasteiger partial charge in [0, 0.05) is 5.57 Å². The van der Waals surface area contributed by atoms with E-state index >= 15 is 0 Å². The number of carbonyl (C=O) groups excluding carboxylic acids is 1. The minimum atomic E-state index is 0.0629. The Morgan fingerprint density at radius 1 is 1.54 bits per heavy atom. The summed E-state index contributed by atoms with van der Waals surface area (Å²) in [6.45, 7) is 1.74. The number of ketones is 1. The summed E-state index contributed by atoms with van der Waals surface area (Å²) in [5.74, 6) is 0.247. The molecule has 0 aliphatic carbocycles. The smallest absolute Gasteiger partial charge is 0.178 e. The molecule has 1 saturated heterocycles. The minimum Gasteiger partial charge on any atom is -0.501 e. The summed E-state index contributed by atoms with van der Waals surface area (Å²) in [5, 5.41) is 3.21. The van der Waals surface area contributed by atoms with Crippen LogP contribution < -0.4 is 5.32 Å². The molecule has 0 bridgehead atoms. The van der Waals surface area contributed by atoms with Crippen molar-refractivity contribution in [2.24, 2.45) is 0 Å². The molecule has 0 aromatic carbocycles. The van der Waals surface area contributed by atoms with E-state index in [2.05, 4.69) is 5.32 Å². The summed E-state index contributed by atoms with van der Waals surface area (Å²) in [6, 6.07) is 0.0629. The standard InChI is InChI=1S/C10H15NO2/c12-10(9-4-1-5-11-9)8-3-2-6-13-7-8/h7,9,11H,1-6H2. The van der Waals surface area contributed by atoms with Gasteiger partial charge in [-0.25, -0.2) is 0 Å². The molecule has 3 nitrogen and oxygen atoms in total. The fourth-order valence-electron chi connectivity index (χ4n) is 1.88. The van der Waals surface area contributed by atoms with E-state index < -0.39 is 0 Å². The number of nitrogens with one attached hydrogen (secondary N) is 1. The van der Waals surface area contributed by atoms with Crippen molar-refractivity contribution >= 4 is 5.78 Å². The monoisotopic (exact) mass is 181 g/mol. The molecule has 1 N–H and O–H groups in total. The van der Waals surface area contributed by atoms with Crippen LogP contribution >= 0.6 is 0 Å². The second kappa shape index (κ2) is 3.92. The first kappa shape index (κ1) is 8.75. The zero-order chi connectivity index (χ0) is 9.10. The van der Waals surface area contributed by atoms with Crippen LogP contribution in [0.5, 0.6) is 0 Å². The van der Waals surface area contributed by atoms with E-state index in [1.54, 1.807) is 6.26 Å². The Hall–Kier alpha value is -0.830. The van der Waals surface area contributed by atoms with Gasteiger partial charge in [0.1, 0.15) is 0 Å². The van der Waals surface area contributed by atoms with Gasteiger partial charge in [0.25, 0.3) is 0 Å². The molecule has 1 atom stereocenters. The summed E-state index contributed by atoms with van der Waals surface area (Å²) in [5.41, 5.74) is 0.866. The highest BCUT2D eigenvalue weighted by molar-refractivity contribution is 5.99. The number of carbonyl (C=O) groups is 1. The molecule has 0 spiro atoms.